The summed E-state index contributed by atoms with van der Waals surface area (Å²) in [6, 6.07) is 17.2. The van der Waals surface area contributed by atoms with E-state index in [2.05, 4.69) is 5.32 Å². The second kappa shape index (κ2) is 10.4. The van der Waals surface area contributed by atoms with Crippen molar-refractivity contribution in [2.45, 2.75) is 38.5 Å². The predicted octanol–water partition coefficient (Wildman–Crippen LogP) is 3.60. The molecule has 2 unspecified atom stereocenters. The molecule has 2 aromatic carbocycles. The first-order valence-electron chi connectivity index (χ1n) is 10.6. The average Bonchev–Trinajstić information content (AvgIpc) is 2.76. The Balaban J connectivity index is 1.97. The van der Waals surface area contributed by atoms with Gasteiger partial charge in [0.25, 0.3) is 0 Å². The summed E-state index contributed by atoms with van der Waals surface area (Å²) in [5, 5.41) is 2.65. The van der Waals surface area contributed by atoms with Gasteiger partial charge in [0.2, 0.25) is 5.96 Å². The van der Waals surface area contributed by atoms with Crippen molar-refractivity contribution in [3.05, 3.63) is 65.7 Å². The van der Waals surface area contributed by atoms with E-state index >= 15 is 0 Å². The van der Waals surface area contributed by atoms with Crippen molar-refractivity contribution in [2.24, 2.45) is 4.99 Å². The van der Waals surface area contributed by atoms with Gasteiger partial charge in [0.05, 0.1) is 26.1 Å². The smallest absolute Gasteiger partial charge is 0.414 e. The number of guanidine groups is 1. The van der Waals surface area contributed by atoms with Crippen molar-refractivity contribution in [2.75, 3.05) is 26.5 Å². The van der Waals surface area contributed by atoms with Gasteiger partial charge in [-0.05, 0) is 32.4 Å². The Morgan fingerprint density at radius 2 is 1.82 bits per heavy atom. The van der Waals surface area contributed by atoms with Gasteiger partial charge in [0.15, 0.2) is 0 Å². The standard InChI is InChI=1S/C24H31N3O5S/c1-23(2,3)32-22(28)25-21-26-24(17-33(29)27(21)4,19-13-9-10-14-20(19)30-5)16-31-15-18-11-7-6-8-12-18/h6-14H,15-17H2,1-5H3,(H,25,26,28). The van der Waals surface area contributed by atoms with Gasteiger partial charge < -0.3 is 14.2 Å². The maximum Gasteiger partial charge on any atom is 0.414 e. The SMILES string of the molecule is COc1ccccc1C1(COCc2ccccc2)CS(=O)N(C)C(NC(=O)OC(C)(C)C)=N1. The fourth-order valence-corrected chi connectivity index (χ4v) is 4.62. The van der Waals surface area contributed by atoms with Crippen LogP contribution in [0.4, 0.5) is 4.79 Å². The second-order valence-electron chi connectivity index (χ2n) is 8.74. The molecule has 0 aliphatic carbocycles. The molecule has 0 radical (unpaired) electrons. The molecule has 0 saturated carbocycles. The zero-order chi connectivity index (χ0) is 24.1. The number of amides is 1. The largest absolute Gasteiger partial charge is 0.496 e. The van der Waals surface area contributed by atoms with Gasteiger partial charge in [0.1, 0.15) is 27.9 Å². The lowest BCUT2D eigenvalue weighted by Crippen LogP contribution is -2.53. The number of methoxy groups -OCH3 is 1. The third-order valence-corrected chi connectivity index (χ3v) is 6.47. The minimum Gasteiger partial charge on any atom is -0.496 e. The molecule has 1 aliphatic heterocycles. The number of ether oxygens (including phenoxy) is 3. The Labute approximate surface area is 197 Å². The van der Waals surface area contributed by atoms with Gasteiger partial charge in [-0.3, -0.25) is 9.62 Å². The summed E-state index contributed by atoms with van der Waals surface area (Å²) in [6.07, 6.45) is -0.675. The quantitative estimate of drug-likeness (QED) is 0.693. The van der Waals surface area contributed by atoms with Gasteiger partial charge in [-0.15, -0.1) is 0 Å². The third-order valence-electron chi connectivity index (χ3n) is 4.96. The average molecular weight is 474 g/mol. The lowest BCUT2D eigenvalue weighted by Gasteiger charge is -2.38. The predicted molar refractivity (Wildman–Crippen MR) is 128 cm³/mol. The van der Waals surface area contributed by atoms with Crippen molar-refractivity contribution in [1.29, 1.82) is 0 Å². The lowest BCUT2D eigenvalue weighted by molar-refractivity contribution is 0.0555. The number of nitrogens with zero attached hydrogens (tertiary/aromatic N) is 2. The van der Waals surface area contributed by atoms with Crippen LogP contribution < -0.4 is 10.1 Å². The summed E-state index contributed by atoms with van der Waals surface area (Å²) in [5.41, 5.74) is 0.0156. The Morgan fingerprint density at radius 1 is 1.15 bits per heavy atom. The maximum atomic E-state index is 13.2. The zero-order valence-electron chi connectivity index (χ0n) is 19.7. The highest BCUT2D eigenvalue weighted by Gasteiger charge is 2.43. The molecule has 0 spiro atoms. The van der Waals surface area contributed by atoms with Gasteiger partial charge in [-0.1, -0.05) is 48.5 Å². The van der Waals surface area contributed by atoms with Gasteiger partial charge in [-0.2, -0.15) is 0 Å². The normalized spacial score (nSPS) is 20.7. The molecule has 9 heteroatoms. The summed E-state index contributed by atoms with van der Waals surface area (Å²) in [7, 11) is 1.70. The van der Waals surface area contributed by atoms with E-state index in [0.29, 0.717) is 12.4 Å². The van der Waals surface area contributed by atoms with Crippen molar-refractivity contribution in [1.82, 2.24) is 9.62 Å². The molecule has 0 fully saturated rings. The van der Waals surface area contributed by atoms with Crippen LogP contribution in [0, 0.1) is 0 Å². The summed E-state index contributed by atoms with van der Waals surface area (Å²) in [6.45, 7) is 5.82. The highest BCUT2D eigenvalue weighted by atomic mass is 32.2. The highest BCUT2D eigenvalue weighted by molar-refractivity contribution is 7.83. The van der Waals surface area contributed by atoms with E-state index < -0.39 is 28.2 Å². The van der Waals surface area contributed by atoms with Gasteiger partial charge >= 0.3 is 6.09 Å². The monoisotopic (exact) mass is 473 g/mol. The molecule has 2 atom stereocenters. The Kier molecular flexibility index (Phi) is 7.76. The summed E-state index contributed by atoms with van der Waals surface area (Å²) in [5.74, 6) is 0.906. The Hall–Kier alpha value is -2.91. The van der Waals surface area contributed by atoms with E-state index in [1.54, 1.807) is 34.9 Å². The first-order valence-corrected chi connectivity index (χ1v) is 11.9. The minimum absolute atomic E-state index is 0.140. The van der Waals surface area contributed by atoms with Crippen LogP contribution >= 0.6 is 0 Å². The van der Waals surface area contributed by atoms with Crippen LogP contribution in [0.1, 0.15) is 31.9 Å². The van der Waals surface area contributed by atoms with Crippen molar-refractivity contribution >= 4 is 23.0 Å². The van der Waals surface area contributed by atoms with Crippen LogP contribution in [0.3, 0.4) is 0 Å². The fraction of sp³-hybridized carbons (Fsp3) is 0.417. The second-order valence-corrected chi connectivity index (χ2v) is 10.2. The molecule has 1 N–H and O–H groups in total. The van der Waals surface area contributed by atoms with Gasteiger partial charge in [-0.25, -0.2) is 14.0 Å². The van der Waals surface area contributed by atoms with Crippen LogP contribution in [0.2, 0.25) is 0 Å². The third kappa shape index (κ3) is 6.33. The minimum atomic E-state index is -1.49. The number of hydrogen-bond acceptors (Lipinski definition) is 6. The Bertz CT molecular complexity index is 1020. The number of rotatable bonds is 6. The molecule has 178 valence electrons. The number of aliphatic imine (C=N–C) groups is 1. The molecule has 1 aliphatic rings. The van der Waals surface area contributed by atoms with E-state index in [0.717, 1.165) is 11.1 Å². The summed E-state index contributed by atoms with van der Waals surface area (Å²) < 4.78 is 31.6. The first kappa shape index (κ1) is 24.7. The molecule has 2 aromatic rings. The summed E-state index contributed by atoms with van der Waals surface area (Å²) >= 11 is 0. The molecule has 1 amide bonds. The number of hydrogen-bond donors (Lipinski definition) is 1. The van der Waals surface area contributed by atoms with Crippen LogP contribution in [0.25, 0.3) is 0 Å². The van der Waals surface area contributed by atoms with Crippen molar-refractivity contribution in [3.8, 4) is 5.75 Å². The number of carbonyl (C=O) groups is 1. The van der Waals surface area contributed by atoms with Crippen LogP contribution in [0.5, 0.6) is 5.75 Å². The van der Waals surface area contributed by atoms with Crippen molar-refractivity contribution in [3.63, 3.8) is 0 Å². The van der Waals surface area contributed by atoms with E-state index in [1.165, 1.54) is 4.31 Å². The summed E-state index contributed by atoms with van der Waals surface area (Å²) in [4.78, 5) is 17.3. The zero-order valence-corrected chi connectivity index (χ0v) is 20.5. The highest BCUT2D eigenvalue weighted by Crippen LogP contribution is 2.37. The maximum absolute atomic E-state index is 13.2. The van der Waals surface area contributed by atoms with Gasteiger partial charge in [0, 0.05) is 12.6 Å². The van der Waals surface area contributed by atoms with E-state index in [-0.39, 0.29) is 18.3 Å². The fourth-order valence-electron chi connectivity index (χ4n) is 3.44. The first-order chi connectivity index (χ1) is 15.6. The van der Waals surface area contributed by atoms with Crippen LogP contribution in [0.15, 0.2) is 59.6 Å². The molecular weight excluding hydrogens is 442 g/mol. The van der Waals surface area contributed by atoms with Crippen LogP contribution in [-0.4, -0.2) is 52.7 Å². The molecule has 1 heterocycles. The number of nitrogens with one attached hydrogen (secondary N) is 1. The molecular formula is C24H31N3O5S. The van der Waals surface area contributed by atoms with Crippen LogP contribution in [-0.2, 0) is 32.6 Å². The number of benzene rings is 2. The molecule has 3 rings (SSSR count). The number of carbonyl (C=O) groups excluding carboxylic acids is 1. The number of para-hydroxylation sites is 1. The van der Waals surface area contributed by atoms with E-state index in [9.17, 15) is 9.00 Å². The van der Waals surface area contributed by atoms with E-state index in [4.69, 9.17) is 19.2 Å². The van der Waals surface area contributed by atoms with E-state index in [1.807, 2.05) is 54.6 Å². The molecule has 8 nitrogen and oxygen atoms in total. The topological polar surface area (TPSA) is 89.5 Å². The Morgan fingerprint density at radius 3 is 2.48 bits per heavy atom. The lowest BCUT2D eigenvalue weighted by atomic mass is 9.92. The molecule has 0 bridgehead atoms. The molecule has 0 aromatic heterocycles. The molecule has 33 heavy (non-hydrogen) atoms. The van der Waals surface area contributed by atoms with Crippen molar-refractivity contribution < 1.29 is 23.2 Å². The number of alkyl carbamates (subject to hydrolysis) is 1. The molecule has 0 saturated heterocycles.